The number of hydrogen-bond acceptors (Lipinski definition) is 3. The minimum Gasteiger partial charge on any atom is -0.351 e. The van der Waals surface area contributed by atoms with Crippen molar-refractivity contribution in [2.45, 2.75) is 30.9 Å². The number of aryl methyl sites for hydroxylation is 1. The number of thioether (sulfide) groups is 1. The lowest BCUT2D eigenvalue weighted by molar-refractivity contribution is 0.0956. The molecule has 0 aromatic carbocycles. The molecule has 17 heavy (non-hydrogen) atoms. The van der Waals surface area contributed by atoms with Crippen LogP contribution in [-0.4, -0.2) is 33.2 Å². The average Bonchev–Trinajstić information content (AvgIpc) is 2.95. The monoisotopic (exact) mass is 253 g/mol. The second-order valence-corrected chi connectivity index (χ2v) is 5.84. The third-order valence-corrected chi connectivity index (χ3v) is 4.39. The molecule has 1 saturated carbocycles. The Kier molecular flexibility index (Phi) is 4.48. The topological polar surface area (TPSA) is 46.9 Å². The first-order valence-corrected chi connectivity index (χ1v) is 7.19. The van der Waals surface area contributed by atoms with Gasteiger partial charge < -0.3 is 5.32 Å². The molecule has 1 fully saturated rings. The molecule has 0 saturated heterocycles. The molecule has 0 radical (unpaired) electrons. The summed E-state index contributed by atoms with van der Waals surface area (Å²) >= 11 is 1.99. The van der Waals surface area contributed by atoms with Gasteiger partial charge in [0.15, 0.2) is 0 Å². The van der Waals surface area contributed by atoms with Crippen molar-refractivity contribution in [1.29, 1.82) is 0 Å². The Hall–Kier alpha value is -0.970. The van der Waals surface area contributed by atoms with Crippen molar-refractivity contribution in [2.24, 2.45) is 7.05 Å². The Labute approximate surface area is 106 Å². The van der Waals surface area contributed by atoms with E-state index in [-0.39, 0.29) is 5.91 Å². The van der Waals surface area contributed by atoms with Crippen LogP contribution in [0.15, 0.2) is 12.4 Å². The predicted molar refractivity (Wildman–Crippen MR) is 70.3 cm³/mol. The highest BCUT2D eigenvalue weighted by Gasteiger charge is 2.15. The van der Waals surface area contributed by atoms with Gasteiger partial charge in [0.1, 0.15) is 0 Å². The van der Waals surface area contributed by atoms with Crippen molar-refractivity contribution >= 4 is 17.7 Å². The number of nitrogens with zero attached hydrogens (tertiary/aromatic N) is 2. The van der Waals surface area contributed by atoms with Crippen LogP contribution in [0.1, 0.15) is 36.0 Å². The van der Waals surface area contributed by atoms with Crippen LogP contribution in [0.4, 0.5) is 0 Å². The smallest absolute Gasteiger partial charge is 0.254 e. The van der Waals surface area contributed by atoms with Gasteiger partial charge in [0, 0.05) is 30.8 Å². The maximum Gasteiger partial charge on any atom is 0.254 e. The Balaban J connectivity index is 1.63. The van der Waals surface area contributed by atoms with Crippen LogP contribution in [0.3, 0.4) is 0 Å². The second kappa shape index (κ2) is 6.10. The summed E-state index contributed by atoms with van der Waals surface area (Å²) < 4.78 is 1.64. The van der Waals surface area contributed by atoms with Crippen LogP contribution >= 0.6 is 11.8 Å². The highest BCUT2D eigenvalue weighted by Crippen LogP contribution is 2.28. The van der Waals surface area contributed by atoms with Crippen molar-refractivity contribution in [3.63, 3.8) is 0 Å². The molecule has 0 aliphatic heterocycles. The minimum absolute atomic E-state index is 0.0230. The van der Waals surface area contributed by atoms with Crippen molar-refractivity contribution < 1.29 is 4.79 Å². The molecule has 1 heterocycles. The van der Waals surface area contributed by atoms with Crippen LogP contribution < -0.4 is 5.32 Å². The first kappa shape index (κ1) is 12.5. The molecule has 4 nitrogen and oxygen atoms in total. The first-order valence-electron chi connectivity index (χ1n) is 6.14. The number of aromatic nitrogens is 2. The van der Waals surface area contributed by atoms with E-state index >= 15 is 0 Å². The highest BCUT2D eigenvalue weighted by molar-refractivity contribution is 7.99. The molecule has 1 amide bonds. The van der Waals surface area contributed by atoms with E-state index in [9.17, 15) is 4.79 Å². The van der Waals surface area contributed by atoms with Crippen LogP contribution in [0.25, 0.3) is 0 Å². The summed E-state index contributed by atoms with van der Waals surface area (Å²) in [4.78, 5) is 11.7. The molecule has 1 aromatic heterocycles. The van der Waals surface area contributed by atoms with Crippen LogP contribution in [0.5, 0.6) is 0 Å². The van der Waals surface area contributed by atoms with E-state index in [1.165, 1.54) is 25.7 Å². The Morgan fingerprint density at radius 1 is 1.59 bits per heavy atom. The van der Waals surface area contributed by atoms with Gasteiger partial charge in [-0.15, -0.1) is 0 Å². The molecular formula is C12H19N3OS. The van der Waals surface area contributed by atoms with E-state index in [4.69, 9.17) is 0 Å². The molecule has 1 aliphatic rings. The zero-order valence-electron chi connectivity index (χ0n) is 10.2. The number of rotatable bonds is 5. The van der Waals surface area contributed by atoms with Crippen LogP contribution in [0, 0.1) is 0 Å². The lowest BCUT2D eigenvalue weighted by Gasteiger charge is -2.08. The zero-order valence-corrected chi connectivity index (χ0v) is 11.0. The van der Waals surface area contributed by atoms with Gasteiger partial charge in [0.05, 0.1) is 11.8 Å². The summed E-state index contributed by atoms with van der Waals surface area (Å²) in [7, 11) is 1.81. The highest BCUT2D eigenvalue weighted by atomic mass is 32.2. The summed E-state index contributed by atoms with van der Waals surface area (Å²) in [6.45, 7) is 0.745. The number of amides is 1. The summed E-state index contributed by atoms with van der Waals surface area (Å²) in [5.41, 5.74) is 0.637. The van der Waals surface area contributed by atoms with Gasteiger partial charge in [0.25, 0.3) is 5.91 Å². The average molecular weight is 253 g/mol. The van der Waals surface area contributed by atoms with Gasteiger partial charge in [0.2, 0.25) is 0 Å². The van der Waals surface area contributed by atoms with Gasteiger partial charge in [-0.3, -0.25) is 9.48 Å². The summed E-state index contributed by atoms with van der Waals surface area (Å²) in [5, 5.41) is 7.73. The third-order valence-electron chi connectivity index (χ3n) is 3.01. The van der Waals surface area contributed by atoms with E-state index in [1.807, 2.05) is 18.8 Å². The number of hydrogen-bond donors (Lipinski definition) is 1. The first-order chi connectivity index (χ1) is 8.25. The van der Waals surface area contributed by atoms with E-state index in [0.29, 0.717) is 5.56 Å². The fourth-order valence-corrected chi connectivity index (χ4v) is 3.31. The second-order valence-electron chi connectivity index (χ2n) is 4.44. The molecule has 5 heteroatoms. The van der Waals surface area contributed by atoms with Crippen molar-refractivity contribution in [1.82, 2.24) is 15.1 Å². The Bertz CT molecular complexity index is 372. The predicted octanol–water partition coefficient (Wildman–Crippen LogP) is 1.83. The van der Waals surface area contributed by atoms with E-state index in [0.717, 1.165) is 17.5 Å². The lowest BCUT2D eigenvalue weighted by atomic mass is 10.3. The third kappa shape index (κ3) is 3.77. The van der Waals surface area contributed by atoms with Crippen LogP contribution in [-0.2, 0) is 7.05 Å². The molecule has 0 unspecified atom stereocenters. The molecule has 0 spiro atoms. The van der Waals surface area contributed by atoms with Gasteiger partial charge in [-0.05, 0) is 12.8 Å². The number of nitrogens with one attached hydrogen (secondary N) is 1. The minimum atomic E-state index is -0.0230. The summed E-state index contributed by atoms with van der Waals surface area (Å²) in [6, 6.07) is 0. The fraction of sp³-hybridized carbons (Fsp3) is 0.667. The van der Waals surface area contributed by atoms with Gasteiger partial charge in [-0.25, -0.2) is 0 Å². The van der Waals surface area contributed by atoms with Gasteiger partial charge in [-0.2, -0.15) is 16.9 Å². The van der Waals surface area contributed by atoms with Gasteiger partial charge >= 0.3 is 0 Å². The van der Waals surface area contributed by atoms with Crippen molar-refractivity contribution in [3.8, 4) is 0 Å². The largest absolute Gasteiger partial charge is 0.351 e. The van der Waals surface area contributed by atoms with E-state index in [1.54, 1.807) is 17.1 Å². The molecule has 1 N–H and O–H groups in total. The van der Waals surface area contributed by atoms with Crippen molar-refractivity contribution in [2.75, 3.05) is 12.3 Å². The quantitative estimate of drug-likeness (QED) is 0.814. The van der Waals surface area contributed by atoms with E-state index in [2.05, 4.69) is 10.4 Å². The Morgan fingerprint density at radius 2 is 2.35 bits per heavy atom. The maximum absolute atomic E-state index is 11.7. The molecule has 2 rings (SSSR count). The Morgan fingerprint density at radius 3 is 3.00 bits per heavy atom. The molecule has 0 bridgehead atoms. The molecule has 0 atom stereocenters. The molecule has 94 valence electrons. The number of carbonyl (C=O) groups excluding carboxylic acids is 1. The summed E-state index contributed by atoms with van der Waals surface area (Å²) in [5.74, 6) is 0.988. The summed E-state index contributed by atoms with van der Waals surface area (Å²) in [6.07, 6.45) is 8.78. The van der Waals surface area contributed by atoms with E-state index < -0.39 is 0 Å². The fourth-order valence-electron chi connectivity index (χ4n) is 2.09. The SMILES string of the molecule is Cn1cc(C(=O)NCCSC2CCCC2)cn1. The zero-order chi connectivity index (χ0) is 12.1. The maximum atomic E-state index is 11.7. The lowest BCUT2D eigenvalue weighted by Crippen LogP contribution is -2.25. The molecule has 1 aromatic rings. The molecular weight excluding hydrogens is 234 g/mol. The number of carbonyl (C=O) groups is 1. The molecule has 1 aliphatic carbocycles. The van der Waals surface area contributed by atoms with Gasteiger partial charge in [-0.1, -0.05) is 12.8 Å². The standard InChI is InChI=1S/C12H19N3OS/c1-15-9-10(8-14-15)12(16)13-6-7-17-11-4-2-3-5-11/h8-9,11H,2-7H2,1H3,(H,13,16). The normalized spacial score (nSPS) is 16.3. The van der Waals surface area contributed by atoms with Crippen molar-refractivity contribution in [3.05, 3.63) is 18.0 Å². The van der Waals surface area contributed by atoms with Crippen LogP contribution in [0.2, 0.25) is 0 Å².